The molecule has 0 aliphatic rings. The lowest BCUT2D eigenvalue weighted by molar-refractivity contribution is -0.140. The van der Waals surface area contributed by atoms with Gasteiger partial charge in [0.25, 0.3) is 0 Å². The molecule has 1 aromatic carbocycles. The van der Waals surface area contributed by atoms with E-state index in [0.717, 1.165) is 17.1 Å². The average Bonchev–Trinajstić information content (AvgIpc) is 2.43. The van der Waals surface area contributed by atoms with E-state index < -0.39 is 5.97 Å². The van der Waals surface area contributed by atoms with Gasteiger partial charge >= 0.3 is 11.9 Å². The van der Waals surface area contributed by atoms with E-state index in [1.165, 1.54) is 14.2 Å². The summed E-state index contributed by atoms with van der Waals surface area (Å²) in [5, 5.41) is 0. The molecule has 2 N–H and O–H groups in total. The molecule has 0 saturated carbocycles. The van der Waals surface area contributed by atoms with Crippen LogP contribution in [0.4, 0.5) is 5.69 Å². The van der Waals surface area contributed by atoms with E-state index in [9.17, 15) is 9.59 Å². The maximum absolute atomic E-state index is 11.3. The second kappa shape index (κ2) is 7.68. The van der Waals surface area contributed by atoms with Crippen LogP contribution in [-0.4, -0.2) is 31.9 Å². The first-order valence-corrected chi connectivity index (χ1v) is 6.74. The normalized spacial score (nSPS) is 10.0. The van der Waals surface area contributed by atoms with Crippen LogP contribution in [0.3, 0.4) is 0 Å². The molecule has 0 saturated heterocycles. The third-order valence-electron chi connectivity index (χ3n) is 2.44. The second-order valence-corrected chi connectivity index (χ2v) is 4.91. The molecule has 0 aromatic heterocycles. The van der Waals surface area contributed by atoms with E-state index >= 15 is 0 Å². The predicted molar refractivity (Wildman–Crippen MR) is 74.2 cm³/mol. The Morgan fingerprint density at radius 2 is 2.00 bits per heavy atom. The van der Waals surface area contributed by atoms with E-state index in [4.69, 9.17) is 5.73 Å². The fourth-order valence-corrected chi connectivity index (χ4v) is 2.32. The van der Waals surface area contributed by atoms with Crippen LogP contribution in [0.15, 0.2) is 23.1 Å². The number of hydrogen-bond donors (Lipinski definition) is 1. The lowest BCUT2D eigenvalue weighted by atomic mass is 10.2. The second-order valence-electron chi connectivity index (χ2n) is 3.77. The number of anilines is 1. The van der Waals surface area contributed by atoms with Gasteiger partial charge in [0.05, 0.1) is 19.8 Å². The number of hydrogen-bond acceptors (Lipinski definition) is 6. The van der Waals surface area contributed by atoms with Crippen LogP contribution in [-0.2, 0) is 14.3 Å². The smallest absolute Gasteiger partial charge is 0.337 e. The Morgan fingerprint density at radius 3 is 2.58 bits per heavy atom. The molecule has 1 aromatic rings. The lowest BCUT2D eigenvalue weighted by Gasteiger charge is -2.07. The monoisotopic (exact) mass is 283 g/mol. The van der Waals surface area contributed by atoms with Gasteiger partial charge in [-0.3, -0.25) is 4.79 Å². The zero-order chi connectivity index (χ0) is 14.3. The number of rotatable bonds is 6. The Labute approximate surface area is 116 Å². The third kappa shape index (κ3) is 4.82. The molecule has 0 aliphatic heterocycles. The van der Waals surface area contributed by atoms with Gasteiger partial charge < -0.3 is 15.2 Å². The van der Waals surface area contributed by atoms with Gasteiger partial charge in [-0.15, -0.1) is 11.8 Å². The van der Waals surface area contributed by atoms with E-state index in [2.05, 4.69) is 9.47 Å². The number of nitrogen functional groups attached to an aromatic ring is 1. The molecule has 19 heavy (non-hydrogen) atoms. The Hall–Kier alpha value is -1.69. The van der Waals surface area contributed by atoms with Gasteiger partial charge in [-0.1, -0.05) is 0 Å². The van der Waals surface area contributed by atoms with Crippen molar-refractivity contribution < 1.29 is 19.1 Å². The molecular weight excluding hydrogens is 266 g/mol. The molecule has 0 unspecified atom stereocenters. The molecule has 0 aliphatic carbocycles. The summed E-state index contributed by atoms with van der Waals surface area (Å²) >= 11 is 1.54. The maximum Gasteiger partial charge on any atom is 0.337 e. The van der Waals surface area contributed by atoms with E-state index in [0.29, 0.717) is 17.7 Å². The SMILES string of the molecule is COC(=O)CCCSc1ccc(C(=O)OC)cc1N. The van der Waals surface area contributed by atoms with Crippen LogP contribution in [0.2, 0.25) is 0 Å². The van der Waals surface area contributed by atoms with E-state index in [-0.39, 0.29) is 5.97 Å². The first-order chi connectivity index (χ1) is 9.08. The van der Waals surface area contributed by atoms with Crippen molar-refractivity contribution in [1.82, 2.24) is 0 Å². The molecule has 1 rings (SSSR count). The van der Waals surface area contributed by atoms with Crippen LogP contribution in [0.5, 0.6) is 0 Å². The number of benzene rings is 1. The van der Waals surface area contributed by atoms with Crippen molar-refractivity contribution in [3.63, 3.8) is 0 Å². The van der Waals surface area contributed by atoms with Crippen molar-refractivity contribution in [2.75, 3.05) is 25.7 Å². The van der Waals surface area contributed by atoms with Crippen molar-refractivity contribution in [2.24, 2.45) is 0 Å². The molecule has 0 fully saturated rings. The van der Waals surface area contributed by atoms with Gasteiger partial charge in [0, 0.05) is 17.0 Å². The molecule has 0 heterocycles. The Kier molecular flexibility index (Phi) is 6.21. The van der Waals surface area contributed by atoms with Crippen LogP contribution < -0.4 is 5.73 Å². The number of nitrogens with two attached hydrogens (primary N) is 1. The fourth-order valence-electron chi connectivity index (χ4n) is 1.43. The summed E-state index contributed by atoms with van der Waals surface area (Å²) < 4.78 is 9.17. The zero-order valence-corrected chi connectivity index (χ0v) is 11.8. The van der Waals surface area contributed by atoms with Crippen LogP contribution in [0, 0.1) is 0 Å². The molecule has 0 atom stereocenters. The van der Waals surface area contributed by atoms with Crippen molar-refractivity contribution in [3.05, 3.63) is 23.8 Å². The summed E-state index contributed by atoms with van der Waals surface area (Å²) in [7, 11) is 2.70. The average molecular weight is 283 g/mol. The minimum atomic E-state index is -0.408. The molecule has 0 amide bonds. The van der Waals surface area contributed by atoms with Gasteiger partial charge in [-0.2, -0.15) is 0 Å². The Bertz CT molecular complexity index is 462. The van der Waals surface area contributed by atoms with E-state index in [1.54, 1.807) is 30.0 Å². The largest absolute Gasteiger partial charge is 0.469 e. The summed E-state index contributed by atoms with van der Waals surface area (Å²) in [6.45, 7) is 0. The molecule has 104 valence electrons. The van der Waals surface area contributed by atoms with Crippen molar-refractivity contribution in [1.29, 1.82) is 0 Å². The topological polar surface area (TPSA) is 78.6 Å². The molecule has 0 radical (unpaired) electrons. The third-order valence-corrected chi connectivity index (χ3v) is 3.62. The van der Waals surface area contributed by atoms with Gasteiger partial charge in [0.2, 0.25) is 0 Å². The number of esters is 2. The molecule has 6 heteroatoms. The Balaban J connectivity index is 2.51. The van der Waals surface area contributed by atoms with Gasteiger partial charge in [-0.25, -0.2) is 4.79 Å². The molecule has 0 bridgehead atoms. The number of ether oxygens (including phenoxy) is 2. The summed E-state index contributed by atoms with van der Waals surface area (Å²) in [4.78, 5) is 23.1. The van der Waals surface area contributed by atoms with Crippen LogP contribution >= 0.6 is 11.8 Å². The minimum absolute atomic E-state index is 0.213. The first kappa shape index (κ1) is 15.4. The van der Waals surface area contributed by atoms with Crippen LogP contribution in [0.25, 0.3) is 0 Å². The predicted octanol–water partition coefficient (Wildman–Crippen LogP) is 2.10. The number of carbonyl (C=O) groups is 2. The quantitative estimate of drug-likeness (QED) is 0.373. The van der Waals surface area contributed by atoms with Crippen molar-refractivity contribution in [3.8, 4) is 0 Å². The highest BCUT2D eigenvalue weighted by molar-refractivity contribution is 7.99. The maximum atomic E-state index is 11.3. The summed E-state index contributed by atoms with van der Waals surface area (Å²) in [5.41, 5.74) is 6.82. The summed E-state index contributed by atoms with van der Waals surface area (Å²) in [6.07, 6.45) is 1.11. The lowest BCUT2D eigenvalue weighted by Crippen LogP contribution is -2.03. The summed E-state index contributed by atoms with van der Waals surface area (Å²) in [5.74, 6) is 0.139. The number of thioether (sulfide) groups is 1. The highest BCUT2D eigenvalue weighted by atomic mass is 32.2. The van der Waals surface area contributed by atoms with Crippen LogP contribution in [0.1, 0.15) is 23.2 Å². The van der Waals surface area contributed by atoms with E-state index in [1.807, 2.05) is 0 Å². The molecular formula is C13H17NO4S. The van der Waals surface area contributed by atoms with Crippen molar-refractivity contribution >= 4 is 29.4 Å². The Morgan fingerprint density at radius 1 is 1.26 bits per heavy atom. The van der Waals surface area contributed by atoms with Crippen molar-refractivity contribution in [2.45, 2.75) is 17.7 Å². The molecule has 5 nitrogen and oxygen atoms in total. The number of methoxy groups -OCH3 is 2. The standard InChI is InChI=1S/C13H17NO4S/c1-17-12(15)4-3-7-19-11-6-5-9(8-10(11)14)13(16)18-2/h5-6,8H,3-4,7,14H2,1-2H3. The first-order valence-electron chi connectivity index (χ1n) is 5.76. The highest BCUT2D eigenvalue weighted by Gasteiger charge is 2.08. The zero-order valence-electron chi connectivity index (χ0n) is 11.0. The highest BCUT2D eigenvalue weighted by Crippen LogP contribution is 2.27. The fraction of sp³-hybridized carbons (Fsp3) is 0.385. The minimum Gasteiger partial charge on any atom is -0.469 e. The van der Waals surface area contributed by atoms with Gasteiger partial charge in [0.15, 0.2) is 0 Å². The number of carbonyl (C=O) groups excluding carboxylic acids is 2. The molecule has 0 spiro atoms. The van der Waals surface area contributed by atoms with Gasteiger partial charge in [0.1, 0.15) is 0 Å². The summed E-state index contributed by atoms with van der Waals surface area (Å²) in [6, 6.07) is 5.05. The van der Waals surface area contributed by atoms with Gasteiger partial charge in [-0.05, 0) is 30.4 Å².